The molecule has 4 heteroatoms. The third kappa shape index (κ3) is 3.11. The molecule has 0 aliphatic heterocycles. The van der Waals surface area contributed by atoms with Gasteiger partial charge in [-0.3, -0.25) is 0 Å². The van der Waals surface area contributed by atoms with Crippen LogP contribution in [-0.2, 0) is 0 Å². The standard InChI is InChI=1S/C13H17NO3/c1-9(6-7-14)13(15)10-4-5-11(16-2)12(8-10)17-3/h4-5,8-9,13,15H,6H2,1-3H3. The lowest BCUT2D eigenvalue weighted by Gasteiger charge is -2.18. The first kappa shape index (κ1) is 13.3. The molecule has 0 aliphatic rings. The van der Waals surface area contributed by atoms with Gasteiger partial charge < -0.3 is 14.6 Å². The third-order valence-electron chi connectivity index (χ3n) is 2.70. The van der Waals surface area contributed by atoms with Gasteiger partial charge in [-0.25, -0.2) is 0 Å². The van der Waals surface area contributed by atoms with Gasteiger partial charge in [0.05, 0.1) is 26.4 Å². The van der Waals surface area contributed by atoms with E-state index >= 15 is 0 Å². The fourth-order valence-corrected chi connectivity index (χ4v) is 1.62. The number of aliphatic hydroxyl groups excluding tert-OH is 1. The molecule has 0 amide bonds. The van der Waals surface area contributed by atoms with Crippen molar-refractivity contribution in [3.05, 3.63) is 23.8 Å². The van der Waals surface area contributed by atoms with Crippen LogP contribution in [0.4, 0.5) is 0 Å². The Labute approximate surface area is 101 Å². The van der Waals surface area contributed by atoms with Gasteiger partial charge in [-0.2, -0.15) is 5.26 Å². The van der Waals surface area contributed by atoms with Crippen molar-refractivity contribution >= 4 is 0 Å². The van der Waals surface area contributed by atoms with Crippen LogP contribution in [0.1, 0.15) is 25.0 Å². The van der Waals surface area contributed by atoms with Crippen molar-refractivity contribution < 1.29 is 14.6 Å². The first-order chi connectivity index (χ1) is 8.13. The molecule has 0 saturated carbocycles. The molecule has 0 aliphatic carbocycles. The molecule has 0 bridgehead atoms. The van der Waals surface area contributed by atoms with Gasteiger partial charge in [-0.05, 0) is 23.6 Å². The molecule has 0 heterocycles. The van der Waals surface area contributed by atoms with Gasteiger partial charge in [-0.1, -0.05) is 13.0 Å². The highest BCUT2D eigenvalue weighted by Crippen LogP contribution is 2.32. The molecule has 1 N–H and O–H groups in total. The summed E-state index contributed by atoms with van der Waals surface area (Å²) in [4.78, 5) is 0. The van der Waals surface area contributed by atoms with Gasteiger partial charge >= 0.3 is 0 Å². The molecule has 1 aromatic carbocycles. The maximum atomic E-state index is 10.1. The average molecular weight is 235 g/mol. The molecule has 0 spiro atoms. The maximum absolute atomic E-state index is 10.1. The monoisotopic (exact) mass is 235 g/mol. The quantitative estimate of drug-likeness (QED) is 0.850. The molecule has 2 unspecified atom stereocenters. The lowest BCUT2D eigenvalue weighted by atomic mass is 9.95. The van der Waals surface area contributed by atoms with Crippen LogP contribution in [0.15, 0.2) is 18.2 Å². The van der Waals surface area contributed by atoms with Crippen molar-refractivity contribution in [2.24, 2.45) is 5.92 Å². The summed E-state index contributed by atoms with van der Waals surface area (Å²) in [7, 11) is 3.11. The number of aliphatic hydroxyl groups is 1. The molecule has 4 nitrogen and oxygen atoms in total. The Morgan fingerprint density at radius 1 is 1.29 bits per heavy atom. The highest BCUT2D eigenvalue weighted by molar-refractivity contribution is 5.43. The summed E-state index contributed by atoms with van der Waals surface area (Å²) in [6.07, 6.45) is -0.357. The lowest BCUT2D eigenvalue weighted by molar-refractivity contribution is 0.119. The molecule has 0 saturated heterocycles. The fourth-order valence-electron chi connectivity index (χ4n) is 1.62. The number of hydrogen-bond donors (Lipinski definition) is 1. The number of hydrogen-bond acceptors (Lipinski definition) is 4. The van der Waals surface area contributed by atoms with Crippen molar-refractivity contribution in [2.75, 3.05) is 14.2 Å². The van der Waals surface area contributed by atoms with E-state index < -0.39 is 6.10 Å². The highest BCUT2D eigenvalue weighted by Gasteiger charge is 2.17. The number of nitrogens with zero attached hydrogens (tertiary/aromatic N) is 1. The second-order valence-electron chi connectivity index (χ2n) is 3.90. The Hall–Kier alpha value is -1.73. The topological polar surface area (TPSA) is 62.5 Å². The Balaban J connectivity index is 2.95. The van der Waals surface area contributed by atoms with Crippen molar-refractivity contribution in [1.82, 2.24) is 0 Å². The Morgan fingerprint density at radius 2 is 1.94 bits per heavy atom. The van der Waals surface area contributed by atoms with Crippen molar-refractivity contribution in [3.63, 3.8) is 0 Å². The Morgan fingerprint density at radius 3 is 2.47 bits per heavy atom. The minimum Gasteiger partial charge on any atom is -0.493 e. The molecule has 0 radical (unpaired) electrons. The number of ether oxygens (including phenoxy) is 2. The zero-order valence-electron chi connectivity index (χ0n) is 10.3. The zero-order valence-corrected chi connectivity index (χ0v) is 10.3. The van der Waals surface area contributed by atoms with Gasteiger partial charge in [0.1, 0.15) is 0 Å². The fraction of sp³-hybridized carbons (Fsp3) is 0.462. The molecule has 17 heavy (non-hydrogen) atoms. The molecule has 1 aromatic rings. The zero-order chi connectivity index (χ0) is 12.8. The van der Waals surface area contributed by atoms with Gasteiger partial charge in [0.2, 0.25) is 0 Å². The minimum atomic E-state index is -0.672. The van der Waals surface area contributed by atoms with E-state index in [1.807, 2.05) is 6.92 Å². The second-order valence-corrected chi connectivity index (χ2v) is 3.90. The largest absolute Gasteiger partial charge is 0.493 e. The van der Waals surface area contributed by atoms with Crippen LogP contribution in [0.2, 0.25) is 0 Å². The van der Waals surface area contributed by atoms with Crippen LogP contribution in [0.25, 0.3) is 0 Å². The van der Waals surface area contributed by atoms with Crippen LogP contribution >= 0.6 is 0 Å². The predicted octanol–water partition coefficient (Wildman–Crippen LogP) is 2.29. The van der Waals surface area contributed by atoms with Gasteiger partial charge in [0.15, 0.2) is 11.5 Å². The van der Waals surface area contributed by atoms with E-state index in [1.54, 1.807) is 32.4 Å². The SMILES string of the molecule is COc1ccc(C(O)C(C)CC#N)cc1OC. The molecule has 2 atom stereocenters. The van der Waals surface area contributed by atoms with Crippen molar-refractivity contribution in [1.29, 1.82) is 5.26 Å². The van der Waals surface area contributed by atoms with Crippen molar-refractivity contribution in [2.45, 2.75) is 19.4 Å². The van der Waals surface area contributed by atoms with E-state index in [0.29, 0.717) is 17.9 Å². The minimum absolute atomic E-state index is 0.113. The molecular formula is C13H17NO3. The normalized spacial score (nSPS) is 13.6. The van der Waals surface area contributed by atoms with Gasteiger partial charge in [0, 0.05) is 6.42 Å². The highest BCUT2D eigenvalue weighted by atomic mass is 16.5. The smallest absolute Gasteiger partial charge is 0.161 e. The van der Waals surface area contributed by atoms with E-state index in [2.05, 4.69) is 6.07 Å². The van der Waals surface area contributed by atoms with E-state index in [0.717, 1.165) is 5.56 Å². The summed E-state index contributed by atoms with van der Waals surface area (Å²) in [5.74, 6) is 1.09. The molecule has 1 rings (SSSR count). The van der Waals surface area contributed by atoms with E-state index in [-0.39, 0.29) is 5.92 Å². The van der Waals surface area contributed by atoms with Crippen molar-refractivity contribution in [3.8, 4) is 17.6 Å². The number of nitriles is 1. The summed E-state index contributed by atoms with van der Waals surface area (Å²) in [5.41, 5.74) is 0.727. The lowest BCUT2D eigenvalue weighted by Crippen LogP contribution is -2.08. The predicted molar refractivity (Wildman–Crippen MR) is 63.9 cm³/mol. The molecule has 0 fully saturated rings. The second kappa shape index (κ2) is 6.12. The summed E-state index contributed by atoms with van der Waals surface area (Å²) in [5, 5.41) is 18.7. The summed E-state index contributed by atoms with van der Waals surface area (Å²) < 4.78 is 10.3. The van der Waals surface area contributed by atoms with Crippen LogP contribution < -0.4 is 9.47 Å². The first-order valence-electron chi connectivity index (χ1n) is 5.41. The van der Waals surface area contributed by atoms with Gasteiger partial charge in [-0.15, -0.1) is 0 Å². The number of rotatable bonds is 5. The van der Waals surface area contributed by atoms with E-state index in [1.165, 1.54) is 0 Å². The molecular weight excluding hydrogens is 218 g/mol. The molecule has 92 valence electrons. The van der Waals surface area contributed by atoms with E-state index in [9.17, 15) is 5.11 Å². The first-order valence-corrected chi connectivity index (χ1v) is 5.41. The van der Waals surface area contributed by atoms with Crippen LogP contribution in [-0.4, -0.2) is 19.3 Å². The van der Waals surface area contributed by atoms with Crippen LogP contribution in [0, 0.1) is 17.2 Å². The Bertz CT molecular complexity index is 412. The van der Waals surface area contributed by atoms with E-state index in [4.69, 9.17) is 14.7 Å². The average Bonchev–Trinajstić information content (AvgIpc) is 2.37. The Kier molecular flexibility index (Phi) is 4.80. The van der Waals surface area contributed by atoms with Gasteiger partial charge in [0.25, 0.3) is 0 Å². The molecule has 0 aromatic heterocycles. The maximum Gasteiger partial charge on any atom is 0.161 e. The van der Waals surface area contributed by atoms with Crippen LogP contribution in [0.5, 0.6) is 11.5 Å². The summed E-state index contributed by atoms with van der Waals surface area (Å²) in [6, 6.07) is 7.31. The summed E-state index contributed by atoms with van der Waals surface area (Å²) >= 11 is 0. The number of benzene rings is 1. The third-order valence-corrected chi connectivity index (χ3v) is 2.70. The summed E-state index contributed by atoms with van der Waals surface area (Å²) in [6.45, 7) is 1.84. The number of methoxy groups -OCH3 is 2. The van der Waals surface area contributed by atoms with Crippen LogP contribution in [0.3, 0.4) is 0 Å².